The van der Waals surface area contributed by atoms with E-state index in [0.29, 0.717) is 16.3 Å². The zero-order valence-electron chi connectivity index (χ0n) is 14.8. The molecule has 0 aliphatic heterocycles. The van der Waals surface area contributed by atoms with Crippen LogP contribution >= 0.6 is 22.9 Å². The van der Waals surface area contributed by atoms with Crippen LogP contribution in [0.2, 0.25) is 5.02 Å². The van der Waals surface area contributed by atoms with E-state index in [4.69, 9.17) is 22.1 Å². The summed E-state index contributed by atoms with van der Waals surface area (Å²) in [6.45, 7) is 0.0616. The Bertz CT molecular complexity index is 945. The Morgan fingerprint density at radius 3 is 2.54 bits per heavy atom. The highest BCUT2D eigenvalue weighted by Crippen LogP contribution is 2.24. The van der Waals surface area contributed by atoms with Crippen LogP contribution in [0.3, 0.4) is 0 Å². The first-order valence-electron chi connectivity index (χ1n) is 8.48. The minimum Gasteiger partial charge on any atom is -0.459 e. The predicted octanol–water partition coefficient (Wildman–Crippen LogP) is 4.31. The normalized spacial score (nSPS) is 11.6. The van der Waals surface area contributed by atoms with E-state index in [0.717, 1.165) is 10.6 Å². The number of urea groups is 1. The van der Waals surface area contributed by atoms with E-state index in [1.165, 1.54) is 11.3 Å². The first-order valence-corrected chi connectivity index (χ1v) is 9.74. The summed E-state index contributed by atoms with van der Waals surface area (Å²) in [5, 5.41) is 5.83. The van der Waals surface area contributed by atoms with Gasteiger partial charge in [0.05, 0.1) is 18.2 Å². The van der Waals surface area contributed by atoms with Crippen molar-refractivity contribution in [1.29, 1.82) is 0 Å². The molecule has 144 valence electrons. The molecule has 1 unspecified atom stereocenters. The van der Waals surface area contributed by atoms with Gasteiger partial charge in [-0.1, -0.05) is 54.1 Å². The van der Waals surface area contributed by atoms with Gasteiger partial charge in [0.25, 0.3) is 0 Å². The average molecular weight is 416 g/mol. The van der Waals surface area contributed by atoms with Crippen LogP contribution in [0.4, 0.5) is 4.79 Å². The van der Waals surface area contributed by atoms with Gasteiger partial charge in [-0.3, -0.25) is 4.79 Å². The Hall–Kier alpha value is -2.90. The number of nitrogens with one attached hydrogen (secondary N) is 1. The second-order valence-corrected chi connectivity index (χ2v) is 7.28. The Balaban J connectivity index is 1.59. The summed E-state index contributed by atoms with van der Waals surface area (Å²) in [7, 11) is 0. The van der Waals surface area contributed by atoms with Crippen molar-refractivity contribution >= 4 is 34.9 Å². The number of amides is 2. The zero-order valence-corrected chi connectivity index (χ0v) is 16.4. The molecule has 0 radical (unpaired) electrons. The van der Waals surface area contributed by atoms with E-state index < -0.39 is 18.0 Å². The lowest BCUT2D eigenvalue weighted by molar-refractivity contribution is -0.145. The number of esters is 1. The number of primary amides is 1. The molecule has 3 rings (SSSR count). The molecular weight excluding hydrogens is 398 g/mol. The van der Waals surface area contributed by atoms with Crippen molar-refractivity contribution in [2.45, 2.75) is 19.1 Å². The van der Waals surface area contributed by atoms with Crippen molar-refractivity contribution in [2.75, 3.05) is 0 Å². The van der Waals surface area contributed by atoms with E-state index in [1.54, 1.807) is 24.3 Å². The number of rotatable bonds is 7. The molecular formula is C20H18ClN3O3S. The van der Waals surface area contributed by atoms with Crippen LogP contribution in [0.15, 0.2) is 60.0 Å². The monoisotopic (exact) mass is 415 g/mol. The molecule has 0 aliphatic carbocycles. The van der Waals surface area contributed by atoms with E-state index in [-0.39, 0.29) is 13.0 Å². The third-order valence-electron chi connectivity index (χ3n) is 3.91. The lowest BCUT2D eigenvalue weighted by Crippen LogP contribution is -2.34. The number of hydrogen-bond acceptors (Lipinski definition) is 5. The predicted molar refractivity (Wildman–Crippen MR) is 109 cm³/mol. The van der Waals surface area contributed by atoms with Crippen LogP contribution in [0.25, 0.3) is 10.6 Å². The van der Waals surface area contributed by atoms with Crippen LogP contribution in [-0.4, -0.2) is 17.0 Å². The molecule has 2 aromatic carbocycles. The molecule has 0 fully saturated rings. The van der Waals surface area contributed by atoms with Crippen molar-refractivity contribution < 1.29 is 14.3 Å². The SMILES string of the molecule is NC(=O)NC(CC(=O)OCc1csc(-c2ccccc2)n1)c1ccc(Cl)cc1. The van der Waals surface area contributed by atoms with Gasteiger partial charge in [-0.25, -0.2) is 9.78 Å². The van der Waals surface area contributed by atoms with Gasteiger partial charge in [-0.15, -0.1) is 11.3 Å². The number of thiazole rings is 1. The maximum atomic E-state index is 12.3. The topological polar surface area (TPSA) is 94.3 Å². The Labute approximate surface area is 171 Å². The molecule has 1 aromatic heterocycles. The minimum atomic E-state index is -0.722. The van der Waals surface area contributed by atoms with Gasteiger partial charge in [0, 0.05) is 16.0 Å². The number of carbonyl (C=O) groups is 2. The van der Waals surface area contributed by atoms with Gasteiger partial charge in [-0.05, 0) is 17.7 Å². The number of benzene rings is 2. The highest BCUT2D eigenvalue weighted by Gasteiger charge is 2.19. The highest BCUT2D eigenvalue weighted by molar-refractivity contribution is 7.13. The second kappa shape index (κ2) is 9.34. The fourth-order valence-corrected chi connectivity index (χ4v) is 3.52. The van der Waals surface area contributed by atoms with Gasteiger partial charge in [0.15, 0.2) is 0 Å². The van der Waals surface area contributed by atoms with Crippen molar-refractivity contribution in [2.24, 2.45) is 5.73 Å². The van der Waals surface area contributed by atoms with Crippen molar-refractivity contribution in [3.8, 4) is 10.6 Å². The van der Waals surface area contributed by atoms with Gasteiger partial charge in [0.2, 0.25) is 0 Å². The number of nitrogens with zero attached hydrogens (tertiary/aromatic N) is 1. The van der Waals surface area contributed by atoms with E-state index in [9.17, 15) is 9.59 Å². The van der Waals surface area contributed by atoms with Gasteiger partial charge in [0.1, 0.15) is 11.6 Å². The maximum Gasteiger partial charge on any atom is 0.312 e. The fraction of sp³-hybridized carbons (Fsp3) is 0.150. The van der Waals surface area contributed by atoms with Crippen molar-refractivity contribution in [1.82, 2.24) is 10.3 Å². The van der Waals surface area contributed by atoms with Gasteiger partial charge < -0.3 is 15.8 Å². The smallest absolute Gasteiger partial charge is 0.312 e. The fourth-order valence-electron chi connectivity index (χ4n) is 2.59. The van der Waals surface area contributed by atoms with Gasteiger partial charge in [-0.2, -0.15) is 0 Å². The summed E-state index contributed by atoms with van der Waals surface area (Å²) in [6.07, 6.45) is -0.0553. The van der Waals surface area contributed by atoms with Crippen LogP contribution in [0.1, 0.15) is 23.7 Å². The van der Waals surface area contributed by atoms with Gasteiger partial charge >= 0.3 is 12.0 Å². The summed E-state index contributed by atoms with van der Waals surface area (Å²) in [5.41, 5.74) is 7.61. The molecule has 2 amide bonds. The van der Waals surface area contributed by atoms with Crippen LogP contribution in [-0.2, 0) is 16.1 Å². The van der Waals surface area contributed by atoms with Crippen LogP contribution in [0.5, 0.6) is 0 Å². The number of halogens is 1. The molecule has 1 heterocycles. The lowest BCUT2D eigenvalue weighted by Gasteiger charge is -2.17. The molecule has 0 aliphatic rings. The molecule has 0 spiro atoms. The number of aromatic nitrogens is 1. The molecule has 0 bridgehead atoms. The first-order chi connectivity index (χ1) is 13.5. The summed E-state index contributed by atoms with van der Waals surface area (Å²) < 4.78 is 5.32. The third kappa shape index (κ3) is 5.55. The largest absolute Gasteiger partial charge is 0.459 e. The summed E-state index contributed by atoms with van der Waals surface area (Å²) in [5.74, 6) is -0.469. The standard InChI is InChI=1S/C20H18ClN3O3S/c21-15-8-6-13(7-9-15)17(24-20(22)26)10-18(25)27-11-16-12-28-19(23-16)14-4-2-1-3-5-14/h1-9,12,17H,10-11H2,(H3,22,24,26). The molecule has 3 aromatic rings. The number of ether oxygens (including phenoxy) is 1. The molecule has 28 heavy (non-hydrogen) atoms. The molecule has 8 heteroatoms. The second-order valence-electron chi connectivity index (χ2n) is 5.99. The molecule has 0 saturated heterocycles. The van der Waals surface area contributed by atoms with Crippen LogP contribution < -0.4 is 11.1 Å². The molecule has 0 saturated carbocycles. The zero-order chi connectivity index (χ0) is 19.9. The number of hydrogen-bond donors (Lipinski definition) is 2. The highest BCUT2D eigenvalue weighted by atomic mass is 35.5. The Morgan fingerprint density at radius 2 is 1.86 bits per heavy atom. The third-order valence-corrected chi connectivity index (χ3v) is 5.11. The van der Waals surface area contributed by atoms with E-state index >= 15 is 0 Å². The van der Waals surface area contributed by atoms with Crippen molar-refractivity contribution in [3.05, 3.63) is 76.3 Å². The quantitative estimate of drug-likeness (QED) is 0.562. The lowest BCUT2D eigenvalue weighted by atomic mass is 10.0. The molecule has 6 nitrogen and oxygen atoms in total. The van der Waals surface area contributed by atoms with E-state index in [1.807, 2.05) is 35.7 Å². The van der Waals surface area contributed by atoms with E-state index in [2.05, 4.69) is 10.3 Å². The Morgan fingerprint density at radius 1 is 1.14 bits per heavy atom. The van der Waals surface area contributed by atoms with Crippen LogP contribution in [0, 0.1) is 0 Å². The molecule has 3 N–H and O–H groups in total. The van der Waals surface area contributed by atoms with Crippen molar-refractivity contribution in [3.63, 3.8) is 0 Å². The summed E-state index contributed by atoms with van der Waals surface area (Å²) in [6, 6.07) is 15.3. The number of nitrogens with two attached hydrogens (primary N) is 1. The maximum absolute atomic E-state index is 12.3. The molecule has 1 atom stereocenters. The summed E-state index contributed by atoms with van der Waals surface area (Å²) >= 11 is 7.37. The number of carbonyl (C=O) groups excluding carboxylic acids is 2. The average Bonchev–Trinajstić information content (AvgIpc) is 3.16. The summed E-state index contributed by atoms with van der Waals surface area (Å²) in [4.78, 5) is 28.0. The first kappa shape index (κ1) is 19.9. The Kier molecular flexibility index (Phi) is 6.62. The minimum absolute atomic E-state index is 0.0553.